The summed E-state index contributed by atoms with van der Waals surface area (Å²) in [6, 6.07) is 14.0. The molecule has 0 bridgehead atoms. The topological polar surface area (TPSA) is 46.2 Å². The highest BCUT2D eigenvalue weighted by Gasteiger charge is 2.34. The molecule has 0 aromatic heterocycles. The molecule has 0 aliphatic heterocycles. The van der Waals surface area contributed by atoms with E-state index in [2.05, 4.69) is 18.2 Å². The molecule has 0 spiro atoms. The average Bonchev–Trinajstić information content (AvgIpc) is 3.20. The summed E-state index contributed by atoms with van der Waals surface area (Å²) in [6.45, 7) is 0. The second-order valence-electron chi connectivity index (χ2n) is 4.92. The van der Waals surface area contributed by atoms with Crippen molar-refractivity contribution in [1.82, 2.24) is 0 Å². The molecule has 0 saturated heterocycles. The number of benzene rings is 2. The van der Waals surface area contributed by atoms with Crippen molar-refractivity contribution in [2.45, 2.75) is 25.0 Å². The zero-order valence-electron chi connectivity index (χ0n) is 10.1. The van der Waals surface area contributed by atoms with Crippen LogP contribution in [0.15, 0.2) is 42.5 Å². The van der Waals surface area contributed by atoms with Crippen molar-refractivity contribution in [3.63, 3.8) is 0 Å². The van der Waals surface area contributed by atoms with Gasteiger partial charge in [0, 0.05) is 0 Å². The number of fused-ring (bicyclic) bond motifs is 1. The lowest BCUT2D eigenvalue weighted by atomic mass is 9.94. The van der Waals surface area contributed by atoms with Gasteiger partial charge in [0.1, 0.15) is 0 Å². The molecule has 1 saturated carbocycles. The number of aliphatic hydroxyl groups excluding tert-OH is 1. The Bertz CT molecular complexity index is 534. The fraction of sp³-hybridized carbons (Fsp3) is 0.333. The van der Waals surface area contributed by atoms with E-state index in [1.165, 1.54) is 5.39 Å². The number of aliphatic hydroxyl groups is 1. The number of halogens is 1. The van der Waals surface area contributed by atoms with E-state index in [9.17, 15) is 5.11 Å². The Morgan fingerprint density at radius 3 is 2.44 bits per heavy atom. The van der Waals surface area contributed by atoms with E-state index in [4.69, 9.17) is 5.73 Å². The van der Waals surface area contributed by atoms with Crippen molar-refractivity contribution < 1.29 is 5.11 Å². The maximum atomic E-state index is 10.1. The molecule has 1 aliphatic carbocycles. The zero-order valence-corrected chi connectivity index (χ0v) is 10.9. The first-order valence-corrected chi connectivity index (χ1v) is 6.18. The van der Waals surface area contributed by atoms with Gasteiger partial charge < -0.3 is 10.8 Å². The van der Waals surface area contributed by atoms with Crippen LogP contribution in [0.3, 0.4) is 0 Å². The standard InChI is InChI=1S/C15H17NO.ClH/c16-14(15(17)11-8-9-11)13-7-3-5-10-4-1-2-6-12(10)13;/h1-7,11,14-15,17H,8-9,16H2;1H/t14-,15+;/m0./s1. The third kappa shape index (κ3) is 2.37. The normalized spacial score (nSPS) is 18.1. The van der Waals surface area contributed by atoms with Crippen LogP contribution in [0.2, 0.25) is 0 Å². The predicted octanol–water partition coefficient (Wildman–Crippen LogP) is 3.03. The molecule has 18 heavy (non-hydrogen) atoms. The quantitative estimate of drug-likeness (QED) is 0.894. The van der Waals surface area contributed by atoms with E-state index in [0.29, 0.717) is 5.92 Å². The lowest BCUT2D eigenvalue weighted by molar-refractivity contribution is 0.123. The second kappa shape index (κ2) is 5.27. The summed E-state index contributed by atoms with van der Waals surface area (Å²) < 4.78 is 0. The Morgan fingerprint density at radius 2 is 1.72 bits per heavy atom. The highest BCUT2D eigenvalue weighted by molar-refractivity contribution is 5.86. The van der Waals surface area contributed by atoms with Gasteiger partial charge in [-0.1, -0.05) is 42.5 Å². The molecular formula is C15H18ClNO. The lowest BCUT2D eigenvalue weighted by Gasteiger charge is -2.20. The largest absolute Gasteiger partial charge is 0.391 e. The molecule has 0 amide bonds. The highest BCUT2D eigenvalue weighted by atomic mass is 35.5. The second-order valence-corrected chi connectivity index (χ2v) is 4.92. The molecule has 96 valence electrons. The highest BCUT2D eigenvalue weighted by Crippen LogP contribution is 2.38. The van der Waals surface area contributed by atoms with Gasteiger partial charge in [-0.3, -0.25) is 0 Å². The Morgan fingerprint density at radius 1 is 1.06 bits per heavy atom. The molecule has 3 N–H and O–H groups in total. The lowest BCUT2D eigenvalue weighted by Crippen LogP contribution is -2.28. The Labute approximate surface area is 113 Å². The smallest absolute Gasteiger partial charge is 0.0761 e. The molecule has 2 aromatic rings. The molecule has 1 aliphatic rings. The van der Waals surface area contributed by atoms with E-state index in [0.717, 1.165) is 23.8 Å². The molecule has 0 unspecified atom stereocenters. The average molecular weight is 264 g/mol. The zero-order chi connectivity index (χ0) is 11.8. The minimum atomic E-state index is -0.402. The summed E-state index contributed by atoms with van der Waals surface area (Å²) in [5, 5.41) is 12.5. The minimum absolute atomic E-state index is 0. The molecule has 2 aromatic carbocycles. The summed E-state index contributed by atoms with van der Waals surface area (Å²) in [5.41, 5.74) is 7.25. The molecule has 2 nitrogen and oxygen atoms in total. The van der Waals surface area contributed by atoms with Crippen LogP contribution in [0.1, 0.15) is 24.4 Å². The van der Waals surface area contributed by atoms with Gasteiger partial charge in [-0.15, -0.1) is 12.4 Å². The molecule has 1 fully saturated rings. The van der Waals surface area contributed by atoms with Crippen molar-refractivity contribution >= 4 is 23.2 Å². The van der Waals surface area contributed by atoms with Crippen molar-refractivity contribution in [2.24, 2.45) is 11.7 Å². The summed E-state index contributed by atoms with van der Waals surface area (Å²) in [6.07, 6.45) is 1.82. The number of hydrogen-bond acceptors (Lipinski definition) is 2. The number of rotatable bonds is 3. The summed E-state index contributed by atoms with van der Waals surface area (Å²) in [5.74, 6) is 0.406. The van der Waals surface area contributed by atoms with Crippen LogP contribution in [0.5, 0.6) is 0 Å². The molecule has 0 radical (unpaired) electrons. The third-order valence-corrected chi connectivity index (χ3v) is 3.66. The van der Waals surface area contributed by atoms with Crippen molar-refractivity contribution in [2.75, 3.05) is 0 Å². The van der Waals surface area contributed by atoms with Crippen LogP contribution >= 0.6 is 12.4 Å². The first-order valence-electron chi connectivity index (χ1n) is 6.18. The van der Waals surface area contributed by atoms with Gasteiger partial charge in [0.2, 0.25) is 0 Å². The monoisotopic (exact) mass is 263 g/mol. The molecule has 3 rings (SSSR count). The Hall–Kier alpha value is -1.09. The maximum absolute atomic E-state index is 10.1. The predicted molar refractivity (Wildman–Crippen MR) is 76.9 cm³/mol. The van der Waals surface area contributed by atoms with Gasteiger partial charge in [-0.2, -0.15) is 0 Å². The van der Waals surface area contributed by atoms with Crippen LogP contribution < -0.4 is 5.73 Å². The third-order valence-electron chi connectivity index (χ3n) is 3.66. The SMILES string of the molecule is Cl.N[C@@H](c1cccc2ccccc12)[C@H](O)C1CC1. The first-order chi connectivity index (χ1) is 8.27. The fourth-order valence-corrected chi connectivity index (χ4v) is 2.46. The van der Waals surface area contributed by atoms with Gasteiger partial charge in [0.15, 0.2) is 0 Å². The summed E-state index contributed by atoms with van der Waals surface area (Å²) in [4.78, 5) is 0. The van der Waals surface area contributed by atoms with Crippen molar-refractivity contribution in [3.05, 3.63) is 48.0 Å². The van der Waals surface area contributed by atoms with E-state index >= 15 is 0 Å². The first kappa shape index (κ1) is 13.3. The molecule has 3 heteroatoms. The minimum Gasteiger partial charge on any atom is -0.391 e. The van der Waals surface area contributed by atoms with Gasteiger partial charge in [0.25, 0.3) is 0 Å². The molecule has 2 atom stereocenters. The van der Waals surface area contributed by atoms with Crippen LogP contribution in [0, 0.1) is 5.92 Å². The van der Waals surface area contributed by atoms with Crippen LogP contribution in [-0.4, -0.2) is 11.2 Å². The van der Waals surface area contributed by atoms with E-state index in [-0.39, 0.29) is 18.4 Å². The maximum Gasteiger partial charge on any atom is 0.0761 e. The fourth-order valence-electron chi connectivity index (χ4n) is 2.46. The van der Waals surface area contributed by atoms with Crippen LogP contribution in [0.4, 0.5) is 0 Å². The Balaban J connectivity index is 0.00000120. The summed E-state index contributed by atoms with van der Waals surface area (Å²) >= 11 is 0. The number of nitrogens with two attached hydrogens (primary N) is 1. The van der Waals surface area contributed by atoms with Gasteiger partial charge in [0.05, 0.1) is 12.1 Å². The van der Waals surface area contributed by atoms with E-state index in [1.54, 1.807) is 0 Å². The van der Waals surface area contributed by atoms with Gasteiger partial charge >= 0.3 is 0 Å². The van der Waals surface area contributed by atoms with E-state index in [1.807, 2.05) is 24.3 Å². The van der Waals surface area contributed by atoms with Crippen LogP contribution in [-0.2, 0) is 0 Å². The van der Waals surface area contributed by atoms with Crippen molar-refractivity contribution in [1.29, 1.82) is 0 Å². The van der Waals surface area contributed by atoms with Crippen molar-refractivity contribution in [3.8, 4) is 0 Å². The van der Waals surface area contributed by atoms with Crippen LogP contribution in [0.25, 0.3) is 10.8 Å². The molecule has 0 heterocycles. The Kier molecular flexibility index (Phi) is 3.91. The van der Waals surface area contributed by atoms with Gasteiger partial charge in [-0.25, -0.2) is 0 Å². The summed E-state index contributed by atoms with van der Waals surface area (Å²) in [7, 11) is 0. The number of hydrogen-bond donors (Lipinski definition) is 2. The van der Waals surface area contributed by atoms with Gasteiger partial charge in [-0.05, 0) is 35.1 Å². The molecular weight excluding hydrogens is 246 g/mol. The van der Waals surface area contributed by atoms with E-state index < -0.39 is 6.10 Å².